The molecule has 3 aromatic rings. The summed E-state index contributed by atoms with van der Waals surface area (Å²) in [6, 6.07) is 18.0. The van der Waals surface area contributed by atoms with Gasteiger partial charge in [0.25, 0.3) is 5.56 Å². The number of fused-ring (bicyclic) bond motifs is 1. The van der Waals surface area contributed by atoms with Gasteiger partial charge in [0.05, 0.1) is 18.7 Å². The van der Waals surface area contributed by atoms with Gasteiger partial charge in [-0.1, -0.05) is 48.5 Å². The van der Waals surface area contributed by atoms with Crippen molar-refractivity contribution in [1.29, 1.82) is 0 Å². The van der Waals surface area contributed by atoms with E-state index in [4.69, 9.17) is 12.2 Å². The Morgan fingerprint density at radius 3 is 2.71 bits per heavy atom. The van der Waals surface area contributed by atoms with Crippen molar-refractivity contribution in [3.05, 3.63) is 81.6 Å². The van der Waals surface area contributed by atoms with Crippen LogP contribution in [0.1, 0.15) is 16.7 Å². The van der Waals surface area contributed by atoms with E-state index in [-0.39, 0.29) is 12.2 Å². The molecule has 0 aliphatic carbocycles. The summed E-state index contributed by atoms with van der Waals surface area (Å²) in [7, 11) is 0. The molecule has 6 heteroatoms. The molecule has 146 valence electrons. The summed E-state index contributed by atoms with van der Waals surface area (Å²) < 4.78 is 0. The van der Waals surface area contributed by atoms with Gasteiger partial charge < -0.3 is 20.3 Å². The van der Waals surface area contributed by atoms with Gasteiger partial charge >= 0.3 is 0 Å². The Morgan fingerprint density at radius 2 is 1.96 bits per heavy atom. The molecule has 3 N–H and O–H groups in total. The van der Waals surface area contributed by atoms with E-state index in [0.717, 1.165) is 22.9 Å². The van der Waals surface area contributed by atoms with E-state index in [1.54, 1.807) is 0 Å². The van der Waals surface area contributed by atoms with Gasteiger partial charge in [-0.2, -0.15) is 0 Å². The maximum Gasteiger partial charge on any atom is 0.253 e. The van der Waals surface area contributed by atoms with Crippen molar-refractivity contribution in [3.8, 4) is 0 Å². The molecule has 0 fully saturated rings. The van der Waals surface area contributed by atoms with E-state index < -0.39 is 0 Å². The molecule has 0 aliphatic rings. The quantitative estimate of drug-likeness (QED) is 0.537. The number of rotatable bonds is 7. The molecule has 0 unspecified atom stereocenters. The van der Waals surface area contributed by atoms with Crippen LogP contribution in [0.4, 0.5) is 0 Å². The zero-order chi connectivity index (χ0) is 19.9. The summed E-state index contributed by atoms with van der Waals surface area (Å²) >= 11 is 5.51. The first kappa shape index (κ1) is 20.0. The molecular weight excluding hydrogens is 370 g/mol. The van der Waals surface area contributed by atoms with Crippen molar-refractivity contribution in [1.82, 2.24) is 15.2 Å². The summed E-state index contributed by atoms with van der Waals surface area (Å²) in [5.74, 6) is 0. The summed E-state index contributed by atoms with van der Waals surface area (Å²) in [6.07, 6.45) is 0.851. The molecule has 1 aromatic heterocycles. The standard InChI is InChI=1S/C22H25N3O2S/c1-16-6-5-9-18-14-19(21(27)24-20(16)18)15-25(12-13-26)22(28)23-11-10-17-7-3-2-4-8-17/h2-9,14,26H,10-13,15H2,1H3,(H,23,28)(H,24,27). The Morgan fingerprint density at radius 1 is 1.18 bits per heavy atom. The third-order valence-corrected chi connectivity index (χ3v) is 5.12. The van der Waals surface area contributed by atoms with Gasteiger partial charge in [0.2, 0.25) is 0 Å². The Labute approximate surface area is 170 Å². The summed E-state index contributed by atoms with van der Waals surface area (Å²) in [6.45, 7) is 3.34. The topological polar surface area (TPSA) is 68.4 Å². The van der Waals surface area contributed by atoms with Crippen molar-refractivity contribution < 1.29 is 5.11 Å². The van der Waals surface area contributed by atoms with E-state index >= 15 is 0 Å². The Kier molecular flexibility index (Phi) is 6.79. The number of aryl methyl sites for hydroxylation is 1. The van der Waals surface area contributed by atoms with Crippen molar-refractivity contribution in [2.75, 3.05) is 19.7 Å². The van der Waals surface area contributed by atoms with Crippen LogP contribution < -0.4 is 10.9 Å². The van der Waals surface area contributed by atoms with Crippen LogP contribution in [0.5, 0.6) is 0 Å². The summed E-state index contributed by atoms with van der Waals surface area (Å²) in [5, 5.41) is 14.2. The summed E-state index contributed by atoms with van der Waals surface area (Å²) in [5.41, 5.74) is 3.61. The minimum Gasteiger partial charge on any atom is -0.395 e. The Hall–Kier alpha value is -2.70. The lowest BCUT2D eigenvalue weighted by molar-refractivity contribution is 0.245. The number of pyridine rings is 1. The summed E-state index contributed by atoms with van der Waals surface area (Å²) in [4.78, 5) is 17.3. The highest BCUT2D eigenvalue weighted by atomic mass is 32.1. The molecule has 0 aliphatic heterocycles. The van der Waals surface area contributed by atoms with Crippen LogP contribution >= 0.6 is 12.2 Å². The van der Waals surface area contributed by atoms with E-state index in [2.05, 4.69) is 22.4 Å². The molecule has 0 amide bonds. The fourth-order valence-electron chi connectivity index (χ4n) is 3.19. The van der Waals surface area contributed by atoms with Gasteiger partial charge in [-0.3, -0.25) is 4.79 Å². The normalized spacial score (nSPS) is 10.8. The largest absolute Gasteiger partial charge is 0.395 e. The monoisotopic (exact) mass is 395 g/mol. The third kappa shape index (κ3) is 4.97. The highest BCUT2D eigenvalue weighted by Crippen LogP contribution is 2.15. The fourth-order valence-corrected chi connectivity index (χ4v) is 3.45. The minimum atomic E-state index is -0.128. The molecular formula is C22H25N3O2S. The number of nitrogens with zero attached hydrogens (tertiary/aromatic N) is 1. The number of aliphatic hydroxyl groups excluding tert-OH is 1. The van der Waals surface area contributed by atoms with Crippen molar-refractivity contribution in [3.63, 3.8) is 0 Å². The number of nitrogens with one attached hydrogen (secondary N) is 2. The molecule has 0 bridgehead atoms. The number of aliphatic hydroxyl groups is 1. The van der Waals surface area contributed by atoms with E-state index in [0.29, 0.717) is 30.3 Å². The second-order valence-electron chi connectivity index (χ2n) is 6.78. The number of H-pyrrole nitrogens is 1. The van der Waals surface area contributed by atoms with Gasteiger partial charge in [0, 0.05) is 18.7 Å². The van der Waals surface area contributed by atoms with Crippen molar-refractivity contribution in [2.24, 2.45) is 0 Å². The van der Waals surface area contributed by atoms with Crippen LogP contribution in [0.3, 0.4) is 0 Å². The SMILES string of the molecule is Cc1cccc2cc(CN(CCO)C(=S)NCCc3ccccc3)c(=O)[nH]c12. The van der Waals surface area contributed by atoms with Crippen LogP contribution in [-0.2, 0) is 13.0 Å². The highest BCUT2D eigenvalue weighted by molar-refractivity contribution is 7.80. The smallest absolute Gasteiger partial charge is 0.253 e. The van der Waals surface area contributed by atoms with E-state index in [1.807, 2.05) is 54.3 Å². The Bertz CT molecular complexity index is 1000. The first-order chi connectivity index (χ1) is 13.6. The molecule has 0 atom stereocenters. The van der Waals surface area contributed by atoms with E-state index in [1.165, 1.54) is 5.56 Å². The molecule has 2 aromatic carbocycles. The minimum absolute atomic E-state index is 0.0366. The first-order valence-electron chi connectivity index (χ1n) is 9.37. The predicted molar refractivity (Wildman–Crippen MR) is 118 cm³/mol. The molecule has 0 saturated heterocycles. The fraction of sp³-hybridized carbons (Fsp3) is 0.273. The number of para-hydroxylation sites is 1. The number of thiocarbonyl (C=S) groups is 1. The van der Waals surface area contributed by atoms with Crippen LogP contribution in [0.25, 0.3) is 10.9 Å². The predicted octanol–water partition coefficient (Wildman–Crippen LogP) is 2.75. The molecule has 28 heavy (non-hydrogen) atoms. The van der Waals surface area contributed by atoms with Crippen molar-refractivity contribution in [2.45, 2.75) is 19.9 Å². The average molecular weight is 396 g/mol. The second-order valence-corrected chi connectivity index (χ2v) is 7.16. The molecule has 0 saturated carbocycles. The number of benzene rings is 2. The van der Waals surface area contributed by atoms with Crippen LogP contribution in [0.2, 0.25) is 0 Å². The lowest BCUT2D eigenvalue weighted by atomic mass is 10.1. The van der Waals surface area contributed by atoms with E-state index in [9.17, 15) is 9.90 Å². The maximum absolute atomic E-state index is 12.5. The lowest BCUT2D eigenvalue weighted by Gasteiger charge is -2.25. The number of aromatic nitrogens is 1. The third-order valence-electron chi connectivity index (χ3n) is 4.72. The molecule has 0 radical (unpaired) electrons. The van der Waals surface area contributed by atoms with Crippen LogP contribution in [-0.4, -0.2) is 39.8 Å². The zero-order valence-corrected chi connectivity index (χ0v) is 16.8. The molecule has 1 heterocycles. The van der Waals surface area contributed by atoms with Gasteiger partial charge in [0.1, 0.15) is 0 Å². The number of hydrogen-bond acceptors (Lipinski definition) is 3. The molecule has 3 rings (SSSR count). The molecule has 5 nitrogen and oxygen atoms in total. The molecule has 0 spiro atoms. The first-order valence-corrected chi connectivity index (χ1v) is 9.78. The Balaban J connectivity index is 1.70. The second kappa shape index (κ2) is 9.48. The highest BCUT2D eigenvalue weighted by Gasteiger charge is 2.13. The van der Waals surface area contributed by atoms with Gasteiger partial charge in [-0.15, -0.1) is 0 Å². The maximum atomic E-state index is 12.5. The average Bonchev–Trinajstić information content (AvgIpc) is 2.69. The van der Waals surface area contributed by atoms with Crippen LogP contribution in [0.15, 0.2) is 59.4 Å². The van der Waals surface area contributed by atoms with Gasteiger partial charge in [-0.25, -0.2) is 0 Å². The van der Waals surface area contributed by atoms with Gasteiger partial charge in [-0.05, 0) is 48.1 Å². The van der Waals surface area contributed by atoms with Crippen molar-refractivity contribution >= 4 is 28.2 Å². The van der Waals surface area contributed by atoms with Crippen LogP contribution in [0, 0.1) is 6.92 Å². The lowest BCUT2D eigenvalue weighted by Crippen LogP contribution is -2.42. The number of aromatic amines is 1. The number of hydrogen-bond donors (Lipinski definition) is 3. The zero-order valence-electron chi connectivity index (χ0n) is 15.9. The van der Waals surface area contributed by atoms with Gasteiger partial charge in [0.15, 0.2) is 5.11 Å².